The normalized spacial score (nSPS) is 19.2. The standard InChI is InChI=1S/C25H39N3O5/c1-8-9-17(4)27-23(31)22(18-10-11-20(29)16(3)12-18)28(19-13-15(19)2)21(30)14-26-24(32)33-25(5,6)7/h10-12,15,17,19,22,29H,8-9,13-14H2,1-7H3,(H,26,32)(H,27,31). The molecule has 0 aliphatic heterocycles. The molecule has 4 atom stereocenters. The van der Waals surface area contributed by atoms with E-state index in [0.29, 0.717) is 11.1 Å². The molecule has 1 aliphatic carbocycles. The van der Waals surface area contributed by atoms with E-state index in [-0.39, 0.29) is 42.1 Å². The Morgan fingerprint density at radius 3 is 2.42 bits per heavy atom. The molecule has 3 N–H and O–H groups in total. The molecule has 0 spiro atoms. The van der Waals surface area contributed by atoms with Gasteiger partial charge in [-0.2, -0.15) is 0 Å². The van der Waals surface area contributed by atoms with Gasteiger partial charge in [-0.1, -0.05) is 26.3 Å². The lowest BCUT2D eigenvalue weighted by Gasteiger charge is -2.33. The molecule has 1 fully saturated rings. The Morgan fingerprint density at radius 2 is 1.91 bits per heavy atom. The number of nitrogens with one attached hydrogen (secondary N) is 2. The molecule has 0 bridgehead atoms. The van der Waals surface area contributed by atoms with Gasteiger partial charge in [0.05, 0.1) is 0 Å². The molecule has 8 nitrogen and oxygen atoms in total. The Labute approximate surface area is 197 Å². The van der Waals surface area contributed by atoms with Crippen molar-refractivity contribution < 1.29 is 24.2 Å². The summed E-state index contributed by atoms with van der Waals surface area (Å²) in [4.78, 5) is 40.5. The van der Waals surface area contributed by atoms with Crippen LogP contribution in [0.15, 0.2) is 18.2 Å². The van der Waals surface area contributed by atoms with E-state index >= 15 is 0 Å². The molecule has 1 saturated carbocycles. The Bertz CT molecular complexity index is 864. The number of carbonyl (C=O) groups excluding carboxylic acids is 3. The Hall–Kier alpha value is -2.77. The van der Waals surface area contributed by atoms with Crippen molar-refractivity contribution in [2.45, 2.75) is 91.5 Å². The largest absolute Gasteiger partial charge is 0.508 e. The van der Waals surface area contributed by atoms with Crippen molar-refractivity contribution in [3.63, 3.8) is 0 Å². The number of amides is 3. The van der Waals surface area contributed by atoms with E-state index in [2.05, 4.69) is 10.6 Å². The van der Waals surface area contributed by atoms with Crippen molar-refractivity contribution in [3.8, 4) is 5.75 Å². The molecule has 0 radical (unpaired) electrons. The fourth-order valence-corrected chi connectivity index (χ4v) is 3.88. The first-order valence-corrected chi connectivity index (χ1v) is 11.7. The number of aryl methyl sites for hydroxylation is 1. The number of nitrogens with zero attached hydrogens (tertiary/aromatic N) is 1. The van der Waals surface area contributed by atoms with Gasteiger partial charge in [0.2, 0.25) is 11.8 Å². The first-order chi connectivity index (χ1) is 15.3. The van der Waals surface area contributed by atoms with Gasteiger partial charge in [0, 0.05) is 12.1 Å². The fraction of sp³-hybridized carbons (Fsp3) is 0.640. The van der Waals surface area contributed by atoms with E-state index in [9.17, 15) is 19.5 Å². The van der Waals surface area contributed by atoms with Crippen molar-refractivity contribution in [2.75, 3.05) is 6.54 Å². The molecule has 2 rings (SSSR count). The zero-order valence-corrected chi connectivity index (χ0v) is 20.9. The molecule has 0 heterocycles. The fourth-order valence-electron chi connectivity index (χ4n) is 3.88. The second-order valence-electron chi connectivity index (χ2n) is 10.1. The second-order valence-corrected chi connectivity index (χ2v) is 10.1. The number of aromatic hydroxyl groups is 1. The average Bonchev–Trinajstić information content (AvgIpc) is 3.41. The minimum Gasteiger partial charge on any atom is -0.508 e. The van der Waals surface area contributed by atoms with Crippen LogP contribution in [0.2, 0.25) is 0 Å². The van der Waals surface area contributed by atoms with Gasteiger partial charge in [-0.3, -0.25) is 9.59 Å². The predicted octanol–water partition coefficient (Wildman–Crippen LogP) is 3.81. The smallest absolute Gasteiger partial charge is 0.408 e. The van der Waals surface area contributed by atoms with Crippen molar-refractivity contribution in [2.24, 2.45) is 5.92 Å². The highest BCUT2D eigenvalue weighted by Gasteiger charge is 2.46. The summed E-state index contributed by atoms with van der Waals surface area (Å²) >= 11 is 0. The van der Waals surface area contributed by atoms with Gasteiger partial charge in [0.25, 0.3) is 0 Å². The van der Waals surface area contributed by atoms with Crippen molar-refractivity contribution >= 4 is 17.9 Å². The Morgan fingerprint density at radius 1 is 1.27 bits per heavy atom. The number of rotatable bonds is 9. The lowest BCUT2D eigenvalue weighted by Crippen LogP contribution is -2.50. The van der Waals surface area contributed by atoms with Gasteiger partial charge in [0.1, 0.15) is 23.9 Å². The highest BCUT2D eigenvalue weighted by Crippen LogP contribution is 2.40. The first-order valence-electron chi connectivity index (χ1n) is 11.7. The third-order valence-electron chi connectivity index (χ3n) is 5.67. The van der Waals surface area contributed by atoms with Crippen LogP contribution in [0.1, 0.15) is 78.0 Å². The summed E-state index contributed by atoms with van der Waals surface area (Å²) in [5, 5.41) is 15.5. The number of ether oxygens (including phenoxy) is 1. The molecule has 4 unspecified atom stereocenters. The summed E-state index contributed by atoms with van der Waals surface area (Å²) in [5.74, 6) is -0.256. The van der Waals surface area contributed by atoms with E-state index < -0.39 is 17.7 Å². The van der Waals surface area contributed by atoms with Gasteiger partial charge in [-0.15, -0.1) is 0 Å². The summed E-state index contributed by atoms with van der Waals surface area (Å²) in [6, 6.07) is 3.93. The maximum Gasteiger partial charge on any atom is 0.408 e. The topological polar surface area (TPSA) is 108 Å². The van der Waals surface area contributed by atoms with Crippen LogP contribution in [0, 0.1) is 12.8 Å². The molecule has 1 aromatic rings. The minimum atomic E-state index is -0.869. The predicted molar refractivity (Wildman–Crippen MR) is 127 cm³/mol. The van der Waals surface area contributed by atoms with Gasteiger partial charge >= 0.3 is 6.09 Å². The number of hydrogen-bond acceptors (Lipinski definition) is 5. The molecule has 3 amide bonds. The van der Waals surface area contributed by atoms with E-state index in [0.717, 1.165) is 19.3 Å². The molecule has 1 aliphatic rings. The van der Waals surface area contributed by atoms with Crippen LogP contribution in [-0.4, -0.2) is 52.1 Å². The third kappa shape index (κ3) is 7.65. The second kappa shape index (κ2) is 10.9. The van der Waals surface area contributed by atoms with Crippen LogP contribution < -0.4 is 10.6 Å². The van der Waals surface area contributed by atoms with Crippen LogP contribution in [-0.2, 0) is 14.3 Å². The van der Waals surface area contributed by atoms with E-state index in [1.807, 2.05) is 20.8 Å². The number of phenolic OH excluding ortho intramolecular Hbond substituents is 1. The maximum absolute atomic E-state index is 13.5. The number of benzene rings is 1. The van der Waals surface area contributed by atoms with E-state index in [1.165, 1.54) is 0 Å². The lowest BCUT2D eigenvalue weighted by molar-refractivity contribution is -0.141. The van der Waals surface area contributed by atoms with Crippen LogP contribution in [0.3, 0.4) is 0 Å². The van der Waals surface area contributed by atoms with Crippen LogP contribution in [0.5, 0.6) is 5.75 Å². The number of phenols is 1. The van der Waals surface area contributed by atoms with Crippen molar-refractivity contribution in [3.05, 3.63) is 29.3 Å². The highest BCUT2D eigenvalue weighted by atomic mass is 16.6. The van der Waals surface area contributed by atoms with Crippen molar-refractivity contribution in [1.82, 2.24) is 15.5 Å². The average molecular weight is 462 g/mol. The van der Waals surface area contributed by atoms with Gasteiger partial charge < -0.3 is 25.4 Å². The molecule has 0 saturated heterocycles. The van der Waals surface area contributed by atoms with Crippen LogP contribution >= 0.6 is 0 Å². The monoisotopic (exact) mass is 461 g/mol. The lowest BCUT2D eigenvalue weighted by atomic mass is 10.00. The quantitative estimate of drug-likeness (QED) is 0.518. The molecule has 184 valence electrons. The third-order valence-corrected chi connectivity index (χ3v) is 5.67. The number of carbonyl (C=O) groups is 3. The van der Waals surface area contributed by atoms with Gasteiger partial charge in [-0.25, -0.2) is 4.79 Å². The summed E-state index contributed by atoms with van der Waals surface area (Å²) in [7, 11) is 0. The maximum atomic E-state index is 13.5. The highest BCUT2D eigenvalue weighted by molar-refractivity contribution is 5.91. The van der Waals surface area contributed by atoms with Crippen LogP contribution in [0.4, 0.5) is 4.79 Å². The van der Waals surface area contributed by atoms with E-state index in [4.69, 9.17) is 4.74 Å². The van der Waals surface area contributed by atoms with Crippen molar-refractivity contribution in [1.29, 1.82) is 0 Å². The Balaban J connectivity index is 2.33. The first kappa shape index (κ1) is 26.5. The number of alkyl carbamates (subject to hydrolysis) is 1. The minimum absolute atomic E-state index is 0.0447. The van der Waals surface area contributed by atoms with E-state index in [1.54, 1.807) is 50.8 Å². The number of hydrogen-bond donors (Lipinski definition) is 3. The zero-order chi connectivity index (χ0) is 24.9. The molecular weight excluding hydrogens is 422 g/mol. The summed E-state index contributed by atoms with van der Waals surface area (Å²) < 4.78 is 5.24. The summed E-state index contributed by atoms with van der Waals surface area (Å²) in [5.41, 5.74) is 0.561. The van der Waals surface area contributed by atoms with Gasteiger partial charge in [-0.05, 0) is 76.6 Å². The molecule has 8 heteroatoms. The zero-order valence-electron chi connectivity index (χ0n) is 20.9. The van der Waals surface area contributed by atoms with Crippen LogP contribution in [0.25, 0.3) is 0 Å². The molecule has 1 aromatic carbocycles. The Kier molecular flexibility index (Phi) is 8.75. The molecule has 33 heavy (non-hydrogen) atoms. The summed E-state index contributed by atoms with van der Waals surface area (Å²) in [6.07, 6.45) is 1.84. The molecular formula is C25H39N3O5. The summed E-state index contributed by atoms with van der Waals surface area (Å²) in [6.45, 7) is 12.7. The van der Waals surface area contributed by atoms with Gasteiger partial charge in [0.15, 0.2) is 0 Å². The SMILES string of the molecule is CCCC(C)NC(=O)C(c1ccc(O)c(C)c1)N(C(=O)CNC(=O)OC(C)(C)C)C1CC1C. The molecule has 0 aromatic heterocycles.